The highest BCUT2D eigenvalue weighted by Gasteiger charge is 2.24. The maximum Gasteiger partial charge on any atom is 0.340 e. The van der Waals surface area contributed by atoms with Gasteiger partial charge in [0.15, 0.2) is 0 Å². The maximum atomic E-state index is 12.0. The summed E-state index contributed by atoms with van der Waals surface area (Å²) in [6.07, 6.45) is 0. The van der Waals surface area contributed by atoms with E-state index in [1.807, 2.05) is 0 Å². The highest BCUT2D eigenvalue weighted by molar-refractivity contribution is 6.01. The summed E-state index contributed by atoms with van der Waals surface area (Å²) < 4.78 is 5.62. The van der Waals surface area contributed by atoms with Gasteiger partial charge in [-0.25, -0.2) is 9.47 Å². The van der Waals surface area contributed by atoms with Gasteiger partial charge in [0.1, 0.15) is 22.9 Å². The first-order chi connectivity index (χ1) is 10.4. The normalized spacial score (nSPS) is 10.0. The summed E-state index contributed by atoms with van der Waals surface area (Å²) in [6.45, 7) is 0. The zero-order valence-electron chi connectivity index (χ0n) is 11.5. The third-order valence-electron chi connectivity index (χ3n) is 3.14. The Bertz CT molecular complexity index is 847. The van der Waals surface area contributed by atoms with Gasteiger partial charge in [0.2, 0.25) is 0 Å². The number of carboxylic acids is 1. The number of aromatic nitrogens is 1. The van der Waals surface area contributed by atoms with Crippen molar-refractivity contribution in [1.82, 2.24) is 4.68 Å². The molecule has 5 N–H and O–H groups in total. The Labute approximate surface area is 124 Å². The van der Waals surface area contributed by atoms with Crippen molar-refractivity contribution in [1.29, 1.82) is 5.26 Å². The molecule has 0 atom stereocenters. The van der Waals surface area contributed by atoms with Crippen LogP contribution in [0, 0.1) is 11.3 Å². The number of methoxy groups -OCH3 is 1. The van der Waals surface area contributed by atoms with Crippen LogP contribution in [0.2, 0.25) is 0 Å². The molecule has 0 radical (unpaired) electrons. The first-order valence-electron chi connectivity index (χ1n) is 6.03. The van der Waals surface area contributed by atoms with Crippen molar-refractivity contribution < 1.29 is 14.6 Å². The summed E-state index contributed by atoms with van der Waals surface area (Å²) in [4.78, 5) is 23.5. The number of anilines is 1. The standard InChI is InChI=1S/C14H12N4O4/c1-22-8-4-2-7(3-5-8)12-10(14(20)21)11(16)9(6-15)13(19)18(12)17/h2-5H,16-17H2,1H3,(H,20,21). The molecular weight excluding hydrogens is 288 g/mol. The topological polar surface area (TPSA) is 144 Å². The molecule has 0 aliphatic rings. The van der Waals surface area contributed by atoms with Gasteiger partial charge in [-0.2, -0.15) is 5.26 Å². The van der Waals surface area contributed by atoms with Crippen LogP contribution >= 0.6 is 0 Å². The van der Waals surface area contributed by atoms with E-state index in [0.717, 1.165) is 0 Å². The van der Waals surface area contributed by atoms with Gasteiger partial charge < -0.3 is 21.4 Å². The molecule has 0 saturated heterocycles. The van der Waals surface area contributed by atoms with Crippen LogP contribution in [0.1, 0.15) is 15.9 Å². The molecule has 0 aliphatic heterocycles. The largest absolute Gasteiger partial charge is 0.497 e. The summed E-state index contributed by atoms with van der Waals surface area (Å²) in [6, 6.07) is 7.81. The number of nitrogens with zero attached hydrogens (tertiary/aromatic N) is 2. The minimum absolute atomic E-state index is 0.0864. The van der Waals surface area contributed by atoms with E-state index in [-0.39, 0.29) is 5.69 Å². The molecule has 1 heterocycles. The van der Waals surface area contributed by atoms with E-state index in [1.54, 1.807) is 18.2 Å². The molecule has 0 amide bonds. The molecule has 1 aromatic heterocycles. The molecule has 0 spiro atoms. The summed E-state index contributed by atoms with van der Waals surface area (Å²) in [5.74, 6) is 4.83. The van der Waals surface area contributed by atoms with E-state index in [0.29, 0.717) is 16.0 Å². The first kappa shape index (κ1) is 14.9. The number of nitrogen functional groups attached to an aromatic ring is 2. The van der Waals surface area contributed by atoms with Crippen LogP contribution in [0.25, 0.3) is 11.3 Å². The predicted molar refractivity (Wildman–Crippen MR) is 78.9 cm³/mol. The number of hydrogen-bond donors (Lipinski definition) is 3. The average molecular weight is 300 g/mol. The van der Waals surface area contributed by atoms with Gasteiger partial charge in [-0.3, -0.25) is 4.79 Å². The van der Waals surface area contributed by atoms with Crippen molar-refractivity contribution in [2.75, 3.05) is 18.7 Å². The quantitative estimate of drug-likeness (QED) is 0.695. The molecular formula is C14H12N4O4. The second-order valence-electron chi connectivity index (χ2n) is 4.33. The summed E-state index contributed by atoms with van der Waals surface area (Å²) in [5, 5.41) is 18.3. The molecule has 8 heteroatoms. The van der Waals surface area contributed by atoms with E-state index >= 15 is 0 Å². The smallest absolute Gasteiger partial charge is 0.340 e. The lowest BCUT2D eigenvalue weighted by molar-refractivity contribution is 0.0698. The number of nitrogens with two attached hydrogens (primary N) is 2. The van der Waals surface area contributed by atoms with Gasteiger partial charge in [0, 0.05) is 5.56 Å². The Hall–Kier alpha value is -3.47. The van der Waals surface area contributed by atoms with E-state index in [1.165, 1.54) is 19.2 Å². The molecule has 0 unspecified atom stereocenters. The fourth-order valence-corrected chi connectivity index (χ4v) is 2.07. The zero-order valence-corrected chi connectivity index (χ0v) is 11.5. The molecule has 0 fully saturated rings. The highest BCUT2D eigenvalue weighted by Crippen LogP contribution is 2.28. The fraction of sp³-hybridized carbons (Fsp3) is 0.0714. The van der Waals surface area contributed by atoms with Crippen molar-refractivity contribution in [2.45, 2.75) is 0 Å². The van der Waals surface area contributed by atoms with Gasteiger partial charge in [0.25, 0.3) is 5.56 Å². The predicted octanol–water partition coefficient (Wildman–Crippen LogP) is 0.390. The van der Waals surface area contributed by atoms with E-state index in [2.05, 4.69) is 0 Å². The van der Waals surface area contributed by atoms with Crippen LogP contribution in [0.5, 0.6) is 5.75 Å². The minimum atomic E-state index is -1.39. The van der Waals surface area contributed by atoms with Crippen LogP contribution in [0.4, 0.5) is 5.69 Å². The number of benzene rings is 1. The third kappa shape index (κ3) is 2.20. The van der Waals surface area contributed by atoms with Crippen LogP contribution < -0.4 is 21.9 Å². The van der Waals surface area contributed by atoms with E-state index in [4.69, 9.17) is 21.6 Å². The number of rotatable bonds is 3. The van der Waals surface area contributed by atoms with E-state index < -0.39 is 28.3 Å². The molecule has 0 saturated carbocycles. The molecule has 0 aliphatic carbocycles. The average Bonchev–Trinajstić information content (AvgIpc) is 2.51. The van der Waals surface area contributed by atoms with Gasteiger partial charge in [0.05, 0.1) is 18.5 Å². The van der Waals surface area contributed by atoms with Crippen molar-refractivity contribution in [2.24, 2.45) is 0 Å². The second kappa shape index (κ2) is 5.49. The number of hydrogen-bond acceptors (Lipinski definition) is 6. The number of carbonyl (C=O) groups is 1. The Morgan fingerprint density at radius 2 is 1.95 bits per heavy atom. The Morgan fingerprint density at radius 1 is 1.36 bits per heavy atom. The van der Waals surface area contributed by atoms with Crippen LogP contribution in [0.3, 0.4) is 0 Å². The number of ether oxygens (including phenoxy) is 1. The molecule has 8 nitrogen and oxygen atoms in total. The van der Waals surface area contributed by atoms with Crippen molar-refractivity contribution in [3.63, 3.8) is 0 Å². The zero-order chi connectivity index (χ0) is 16.4. The van der Waals surface area contributed by atoms with Crippen LogP contribution in [-0.2, 0) is 0 Å². The maximum absolute atomic E-state index is 12.0. The molecule has 0 bridgehead atoms. The van der Waals surface area contributed by atoms with Crippen LogP contribution in [-0.4, -0.2) is 22.9 Å². The number of carboxylic acid groups (broad SMARTS) is 1. The van der Waals surface area contributed by atoms with Gasteiger partial charge >= 0.3 is 5.97 Å². The number of aromatic carboxylic acids is 1. The summed E-state index contributed by atoms with van der Waals surface area (Å²) in [5.41, 5.74) is 3.75. The fourth-order valence-electron chi connectivity index (χ4n) is 2.07. The number of pyridine rings is 1. The molecule has 22 heavy (non-hydrogen) atoms. The first-order valence-corrected chi connectivity index (χ1v) is 6.03. The van der Waals surface area contributed by atoms with Crippen molar-refractivity contribution >= 4 is 11.7 Å². The molecule has 2 aromatic rings. The SMILES string of the molecule is COc1ccc(-c2c(C(=O)O)c(N)c(C#N)c(=O)n2N)cc1. The Balaban J connectivity index is 2.88. The van der Waals surface area contributed by atoms with Crippen LogP contribution in [0.15, 0.2) is 29.1 Å². The van der Waals surface area contributed by atoms with Gasteiger partial charge in [-0.1, -0.05) is 0 Å². The van der Waals surface area contributed by atoms with Crippen molar-refractivity contribution in [3.05, 3.63) is 45.7 Å². The highest BCUT2D eigenvalue weighted by atomic mass is 16.5. The van der Waals surface area contributed by atoms with E-state index in [9.17, 15) is 14.7 Å². The number of nitriles is 1. The molecule has 112 valence electrons. The minimum Gasteiger partial charge on any atom is -0.497 e. The second-order valence-corrected chi connectivity index (χ2v) is 4.33. The Kier molecular flexibility index (Phi) is 3.73. The third-order valence-corrected chi connectivity index (χ3v) is 3.14. The lowest BCUT2D eigenvalue weighted by atomic mass is 10.0. The van der Waals surface area contributed by atoms with Gasteiger partial charge in [-0.05, 0) is 24.3 Å². The summed E-state index contributed by atoms with van der Waals surface area (Å²) in [7, 11) is 1.48. The Morgan fingerprint density at radius 3 is 2.41 bits per heavy atom. The lowest BCUT2D eigenvalue weighted by Gasteiger charge is -2.14. The summed E-state index contributed by atoms with van der Waals surface area (Å²) >= 11 is 0. The molecule has 1 aromatic carbocycles. The molecule has 2 rings (SSSR count). The van der Waals surface area contributed by atoms with Gasteiger partial charge in [-0.15, -0.1) is 0 Å². The monoisotopic (exact) mass is 300 g/mol. The van der Waals surface area contributed by atoms with Crippen molar-refractivity contribution in [3.8, 4) is 23.1 Å². The lowest BCUT2D eigenvalue weighted by Crippen LogP contribution is -2.33.